The van der Waals surface area contributed by atoms with E-state index in [0.29, 0.717) is 33.9 Å². The van der Waals surface area contributed by atoms with Crippen molar-refractivity contribution < 1.29 is 28.7 Å². The molecule has 12 nitrogen and oxygen atoms in total. The molecule has 0 atom stereocenters. The van der Waals surface area contributed by atoms with Crippen LogP contribution in [0.1, 0.15) is 13.8 Å². The van der Waals surface area contributed by atoms with Crippen LogP contribution in [0.25, 0.3) is 11.1 Å². The summed E-state index contributed by atoms with van der Waals surface area (Å²) in [6.45, 7) is 10.2. The Balaban J connectivity index is 1.99. The van der Waals surface area contributed by atoms with Gasteiger partial charge in [0.25, 0.3) is 0 Å². The van der Waals surface area contributed by atoms with Gasteiger partial charge in [-0.2, -0.15) is 0 Å². The van der Waals surface area contributed by atoms with E-state index in [0.717, 1.165) is 0 Å². The first-order valence-electron chi connectivity index (χ1n) is 11.5. The number of esters is 2. The first-order chi connectivity index (χ1) is 18.0. The fraction of sp³-hybridized carbons (Fsp3) is 0.231. The Morgan fingerprint density at radius 2 is 1.08 bits per heavy atom. The van der Waals surface area contributed by atoms with Crippen molar-refractivity contribution in [2.45, 2.75) is 13.8 Å². The Bertz CT molecular complexity index is 1150. The van der Waals surface area contributed by atoms with Crippen molar-refractivity contribution >= 4 is 46.8 Å². The zero-order chi connectivity index (χ0) is 28.2. The Morgan fingerprint density at radius 3 is 1.42 bits per heavy atom. The van der Waals surface area contributed by atoms with Crippen LogP contribution >= 0.6 is 0 Å². The second-order valence-electron chi connectivity index (χ2n) is 8.20. The van der Waals surface area contributed by atoms with Gasteiger partial charge in [-0.05, 0) is 49.2 Å². The van der Waals surface area contributed by atoms with Crippen LogP contribution < -0.4 is 32.7 Å². The van der Waals surface area contributed by atoms with Gasteiger partial charge in [0.1, 0.15) is 13.2 Å². The maximum Gasteiger partial charge on any atom is 0.333 e. The summed E-state index contributed by atoms with van der Waals surface area (Å²) in [5.41, 5.74) is 15.3. The molecule has 0 saturated heterocycles. The largest absolute Gasteiger partial charge is 0.460 e. The second-order valence-corrected chi connectivity index (χ2v) is 8.20. The number of carbonyl (C=O) groups is 4. The minimum atomic E-state index is -0.539. The molecule has 2 aromatic rings. The van der Waals surface area contributed by atoms with Gasteiger partial charge < -0.3 is 42.2 Å². The highest BCUT2D eigenvalue weighted by atomic mass is 16.5. The van der Waals surface area contributed by atoms with Gasteiger partial charge in [0.15, 0.2) is 0 Å². The predicted molar refractivity (Wildman–Crippen MR) is 146 cm³/mol. The first-order valence-corrected chi connectivity index (χ1v) is 11.5. The lowest BCUT2D eigenvalue weighted by atomic mass is 10.0. The van der Waals surface area contributed by atoms with Gasteiger partial charge >= 0.3 is 24.0 Å². The standard InChI is InChI=1S/C26H32N6O6/c1-15(2)23(33)37-11-9-29-25(35)31-21-13-17(5-7-19(21)27)18-6-8-20(28)22(14-18)32-26(36)30-10-12-38-24(34)16(3)4/h5-8,13-14H,1,3,9-12,27-28H2,2,4H3,(H2,29,31,35)(H2,30,32,36). The fourth-order valence-corrected chi connectivity index (χ4v) is 2.88. The summed E-state index contributed by atoms with van der Waals surface area (Å²) in [6, 6.07) is 9.02. The average Bonchev–Trinajstić information content (AvgIpc) is 2.86. The van der Waals surface area contributed by atoms with Crippen LogP contribution in [0.4, 0.5) is 32.3 Å². The molecule has 0 aliphatic carbocycles. The van der Waals surface area contributed by atoms with E-state index >= 15 is 0 Å². The molecule has 2 aromatic carbocycles. The smallest absolute Gasteiger partial charge is 0.333 e. The third-order valence-corrected chi connectivity index (χ3v) is 4.87. The molecule has 202 valence electrons. The number of benzene rings is 2. The van der Waals surface area contributed by atoms with Crippen LogP contribution in [-0.4, -0.2) is 50.3 Å². The van der Waals surface area contributed by atoms with Crippen molar-refractivity contribution in [3.05, 3.63) is 60.7 Å². The third-order valence-electron chi connectivity index (χ3n) is 4.87. The van der Waals surface area contributed by atoms with Crippen LogP contribution in [0.2, 0.25) is 0 Å². The van der Waals surface area contributed by atoms with E-state index in [9.17, 15) is 19.2 Å². The molecule has 0 heterocycles. The van der Waals surface area contributed by atoms with Gasteiger partial charge in [0.05, 0.1) is 35.8 Å². The zero-order valence-electron chi connectivity index (χ0n) is 21.3. The maximum absolute atomic E-state index is 12.3. The lowest BCUT2D eigenvalue weighted by Crippen LogP contribution is -2.32. The summed E-state index contributed by atoms with van der Waals surface area (Å²) in [5.74, 6) is -1.08. The van der Waals surface area contributed by atoms with E-state index in [2.05, 4.69) is 34.4 Å². The highest BCUT2D eigenvalue weighted by Gasteiger charge is 2.11. The Morgan fingerprint density at radius 1 is 0.711 bits per heavy atom. The molecule has 0 spiro atoms. The van der Waals surface area contributed by atoms with Gasteiger partial charge in [-0.15, -0.1) is 0 Å². The van der Waals surface area contributed by atoms with Crippen molar-refractivity contribution in [3.63, 3.8) is 0 Å². The topological polar surface area (TPSA) is 187 Å². The number of anilines is 4. The summed E-state index contributed by atoms with van der Waals surface area (Å²) in [4.78, 5) is 47.3. The minimum absolute atomic E-state index is 0.0108. The molecule has 2 rings (SSSR count). The number of ether oxygens (including phenoxy) is 2. The fourth-order valence-electron chi connectivity index (χ4n) is 2.88. The number of carbonyl (C=O) groups excluding carboxylic acids is 4. The summed E-state index contributed by atoms with van der Waals surface area (Å²) < 4.78 is 9.85. The maximum atomic E-state index is 12.3. The van der Waals surface area contributed by atoms with E-state index in [1.807, 2.05) is 0 Å². The minimum Gasteiger partial charge on any atom is -0.460 e. The molecule has 0 saturated carbocycles. The molecule has 38 heavy (non-hydrogen) atoms. The van der Waals surface area contributed by atoms with Gasteiger partial charge in [-0.25, -0.2) is 19.2 Å². The lowest BCUT2D eigenvalue weighted by molar-refractivity contribution is -0.139. The van der Waals surface area contributed by atoms with Crippen molar-refractivity contribution in [2.75, 3.05) is 48.4 Å². The van der Waals surface area contributed by atoms with Crippen molar-refractivity contribution in [1.29, 1.82) is 0 Å². The van der Waals surface area contributed by atoms with E-state index in [4.69, 9.17) is 20.9 Å². The van der Waals surface area contributed by atoms with Crippen LogP contribution in [-0.2, 0) is 19.1 Å². The van der Waals surface area contributed by atoms with Crippen molar-refractivity contribution in [3.8, 4) is 11.1 Å². The van der Waals surface area contributed by atoms with Gasteiger partial charge in [-0.3, -0.25) is 0 Å². The van der Waals surface area contributed by atoms with Crippen molar-refractivity contribution in [2.24, 2.45) is 0 Å². The highest BCUT2D eigenvalue weighted by molar-refractivity contribution is 5.96. The van der Waals surface area contributed by atoms with E-state index in [-0.39, 0.29) is 37.4 Å². The van der Waals surface area contributed by atoms with Crippen LogP contribution in [0.5, 0.6) is 0 Å². The summed E-state index contributed by atoms with van der Waals surface area (Å²) in [7, 11) is 0. The Kier molecular flexibility index (Phi) is 10.7. The number of hydrogen-bond donors (Lipinski definition) is 6. The molecule has 0 aromatic heterocycles. The number of nitrogens with two attached hydrogens (primary N) is 2. The SMILES string of the molecule is C=C(C)C(=O)OCCNC(=O)Nc1cc(-c2ccc(N)c(NC(=O)NCCOC(=O)C(=C)C)c2)ccc1N. The molecule has 4 amide bonds. The molecular formula is C26H32N6O6. The molecule has 0 unspecified atom stereocenters. The normalized spacial score (nSPS) is 10.1. The number of nitrogens with one attached hydrogen (secondary N) is 4. The first kappa shape index (κ1) is 29.2. The average molecular weight is 525 g/mol. The number of nitrogen functional groups attached to an aromatic ring is 2. The third kappa shape index (κ3) is 9.22. The summed E-state index contributed by atoms with van der Waals surface area (Å²) in [5, 5.41) is 10.4. The van der Waals surface area contributed by atoms with E-state index in [1.54, 1.807) is 36.4 Å². The zero-order valence-corrected chi connectivity index (χ0v) is 21.3. The lowest BCUT2D eigenvalue weighted by Gasteiger charge is -2.14. The molecule has 0 bridgehead atoms. The predicted octanol–water partition coefficient (Wildman–Crippen LogP) is 3.00. The highest BCUT2D eigenvalue weighted by Crippen LogP contribution is 2.31. The molecular weight excluding hydrogens is 492 g/mol. The molecule has 12 heteroatoms. The number of hydrogen-bond acceptors (Lipinski definition) is 8. The van der Waals surface area contributed by atoms with Crippen LogP contribution in [0.15, 0.2) is 60.7 Å². The molecule has 0 aliphatic rings. The van der Waals surface area contributed by atoms with Crippen LogP contribution in [0, 0.1) is 0 Å². The van der Waals surface area contributed by atoms with Crippen molar-refractivity contribution in [1.82, 2.24) is 10.6 Å². The monoisotopic (exact) mass is 524 g/mol. The van der Waals surface area contributed by atoms with E-state index in [1.165, 1.54) is 13.8 Å². The molecule has 0 radical (unpaired) electrons. The quantitative estimate of drug-likeness (QED) is 0.112. The number of urea groups is 2. The van der Waals surface area contributed by atoms with Crippen LogP contribution in [0.3, 0.4) is 0 Å². The summed E-state index contributed by atoms with van der Waals surface area (Å²) >= 11 is 0. The van der Waals surface area contributed by atoms with E-state index < -0.39 is 24.0 Å². The van der Waals surface area contributed by atoms with Gasteiger partial charge in [0, 0.05) is 11.1 Å². The Hall–Kier alpha value is -5.00. The molecule has 0 aliphatic heterocycles. The Labute approximate surface area is 220 Å². The second kappa shape index (κ2) is 13.9. The van der Waals surface area contributed by atoms with Gasteiger partial charge in [-0.1, -0.05) is 25.3 Å². The molecule has 8 N–H and O–H groups in total. The molecule has 0 fully saturated rings. The number of rotatable bonds is 11. The van der Waals surface area contributed by atoms with Gasteiger partial charge in [0.2, 0.25) is 0 Å². The number of amides is 4. The summed E-state index contributed by atoms with van der Waals surface area (Å²) in [6.07, 6.45) is 0.